The Labute approximate surface area is 72.7 Å². The van der Waals surface area contributed by atoms with Gasteiger partial charge in [0.15, 0.2) is 11.1 Å². The van der Waals surface area contributed by atoms with Crippen molar-refractivity contribution in [2.75, 3.05) is 0 Å². The molecule has 1 aromatic carbocycles. The van der Waals surface area contributed by atoms with Crippen LogP contribution in [0.3, 0.4) is 0 Å². The molecule has 0 amide bonds. The second kappa shape index (κ2) is 4.13. The summed E-state index contributed by atoms with van der Waals surface area (Å²) in [5.74, 6) is 0. The maximum atomic E-state index is 10.6. The Balaban J connectivity index is 2.95. The van der Waals surface area contributed by atoms with Crippen LogP contribution in [0.1, 0.15) is 10.8 Å². The fourth-order valence-electron chi connectivity index (χ4n) is 0.885. The van der Waals surface area contributed by atoms with E-state index < -0.39 is 16.3 Å². The van der Waals surface area contributed by atoms with Gasteiger partial charge in [0.05, 0.1) is 0 Å². The second-order valence-electron chi connectivity index (χ2n) is 2.24. The van der Waals surface area contributed by atoms with Crippen LogP contribution in [0.5, 0.6) is 0 Å². The van der Waals surface area contributed by atoms with Gasteiger partial charge < -0.3 is 9.35 Å². The van der Waals surface area contributed by atoms with E-state index in [-0.39, 0.29) is 0 Å². The molecule has 1 N–H and O–H groups in total. The van der Waals surface area contributed by atoms with E-state index in [1.807, 2.05) is 0 Å². The van der Waals surface area contributed by atoms with Crippen molar-refractivity contribution in [1.29, 1.82) is 0 Å². The van der Waals surface area contributed by atoms with Gasteiger partial charge in [0.25, 0.3) is 0 Å². The van der Waals surface area contributed by atoms with Gasteiger partial charge in [-0.2, -0.15) is 0 Å². The Bertz CT molecular complexity index is 284. The Morgan fingerprint density at radius 3 is 2.33 bits per heavy atom. The summed E-state index contributed by atoms with van der Waals surface area (Å²) in [6, 6.07) is 8.52. The second-order valence-corrected chi connectivity index (χ2v) is 3.30. The highest BCUT2D eigenvalue weighted by Gasteiger charge is 2.15. The number of aldehydes is 1. The number of carbonyl (C=O) groups is 1. The smallest absolute Gasteiger partial charge is 0.167 e. The van der Waals surface area contributed by atoms with E-state index in [1.54, 1.807) is 30.3 Å². The molecule has 0 radical (unpaired) electrons. The Morgan fingerprint density at radius 2 is 1.92 bits per heavy atom. The first-order valence-electron chi connectivity index (χ1n) is 3.35. The van der Waals surface area contributed by atoms with Crippen molar-refractivity contribution in [2.45, 2.75) is 5.25 Å². The standard InChI is InChI=1S/C8H8O3S/c9-6-8(12(10)11)7-4-2-1-3-5-7/h1-6,8H,(H,10,11). The van der Waals surface area contributed by atoms with Crippen molar-refractivity contribution in [2.24, 2.45) is 0 Å². The van der Waals surface area contributed by atoms with Crippen LogP contribution in [0.15, 0.2) is 30.3 Å². The molecule has 0 aliphatic heterocycles. The molecule has 0 bridgehead atoms. The summed E-state index contributed by atoms with van der Waals surface area (Å²) in [7, 11) is 0. The van der Waals surface area contributed by atoms with E-state index in [2.05, 4.69) is 0 Å². The normalized spacial score (nSPS) is 15.1. The van der Waals surface area contributed by atoms with E-state index in [0.29, 0.717) is 11.8 Å². The van der Waals surface area contributed by atoms with Gasteiger partial charge in [-0.3, -0.25) is 0 Å². The minimum atomic E-state index is -2.12. The molecule has 12 heavy (non-hydrogen) atoms. The molecular weight excluding hydrogens is 176 g/mol. The van der Waals surface area contributed by atoms with E-state index in [1.165, 1.54) is 0 Å². The SMILES string of the molecule is O=CC(c1ccccc1)S(=O)O. The van der Waals surface area contributed by atoms with Crippen molar-refractivity contribution in [3.05, 3.63) is 35.9 Å². The van der Waals surface area contributed by atoms with Crippen LogP contribution in [-0.4, -0.2) is 15.0 Å². The fourth-order valence-corrected chi connectivity index (χ4v) is 1.37. The molecule has 64 valence electrons. The molecule has 3 nitrogen and oxygen atoms in total. The van der Waals surface area contributed by atoms with Crippen LogP contribution in [-0.2, 0) is 15.9 Å². The van der Waals surface area contributed by atoms with Crippen molar-refractivity contribution in [3.63, 3.8) is 0 Å². The molecule has 0 aromatic heterocycles. The topological polar surface area (TPSA) is 54.4 Å². The summed E-state index contributed by atoms with van der Waals surface area (Å²) in [4.78, 5) is 10.4. The Hall–Kier alpha value is -1.00. The number of hydrogen-bond donors (Lipinski definition) is 1. The van der Waals surface area contributed by atoms with Crippen LogP contribution in [0.25, 0.3) is 0 Å². The predicted octanol–water partition coefficient (Wildman–Crippen LogP) is 1.15. The zero-order valence-corrected chi connectivity index (χ0v) is 7.03. The third-order valence-electron chi connectivity index (χ3n) is 1.47. The molecule has 0 fully saturated rings. The molecule has 1 aromatic rings. The number of rotatable bonds is 3. The summed E-state index contributed by atoms with van der Waals surface area (Å²) >= 11 is -2.12. The largest absolute Gasteiger partial charge is 0.305 e. The lowest BCUT2D eigenvalue weighted by Crippen LogP contribution is -2.06. The molecule has 1 rings (SSSR count). The third-order valence-corrected chi connectivity index (χ3v) is 2.29. The zero-order chi connectivity index (χ0) is 8.97. The van der Waals surface area contributed by atoms with E-state index in [0.717, 1.165) is 0 Å². The molecule has 0 aliphatic carbocycles. The van der Waals surface area contributed by atoms with Gasteiger partial charge in [0, 0.05) is 0 Å². The minimum Gasteiger partial charge on any atom is -0.305 e. The first-order valence-corrected chi connectivity index (χ1v) is 4.52. The average Bonchev–Trinajstić information content (AvgIpc) is 2.07. The molecule has 0 aliphatic rings. The highest BCUT2D eigenvalue weighted by Crippen LogP contribution is 2.15. The summed E-state index contributed by atoms with van der Waals surface area (Å²) in [5.41, 5.74) is 0.563. The first kappa shape index (κ1) is 9.09. The summed E-state index contributed by atoms with van der Waals surface area (Å²) in [6.45, 7) is 0. The summed E-state index contributed by atoms with van der Waals surface area (Å²) in [6.07, 6.45) is 0.478. The predicted molar refractivity (Wildman–Crippen MR) is 46.0 cm³/mol. The molecule has 2 unspecified atom stereocenters. The lowest BCUT2D eigenvalue weighted by molar-refractivity contribution is -0.107. The molecule has 0 spiro atoms. The summed E-state index contributed by atoms with van der Waals surface area (Å²) in [5, 5.41) is -0.925. The molecule has 4 heteroatoms. The number of hydrogen-bond acceptors (Lipinski definition) is 2. The minimum absolute atomic E-state index is 0.478. The fraction of sp³-hybridized carbons (Fsp3) is 0.125. The highest BCUT2D eigenvalue weighted by atomic mass is 32.2. The van der Waals surface area contributed by atoms with Gasteiger partial charge in [0.2, 0.25) is 0 Å². The van der Waals surface area contributed by atoms with Gasteiger partial charge in [-0.05, 0) is 5.56 Å². The van der Waals surface area contributed by atoms with Gasteiger partial charge in [-0.1, -0.05) is 30.3 Å². The van der Waals surface area contributed by atoms with Gasteiger partial charge in [0.1, 0.15) is 11.5 Å². The van der Waals surface area contributed by atoms with Crippen molar-refractivity contribution in [3.8, 4) is 0 Å². The van der Waals surface area contributed by atoms with Crippen LogP contribution in [0.2, 0.25) is 0 Å². The van der Waals surface area contributed by atoms with Crippen molar-refractivity contribution < 1.29 is 13.6 Å². The Morgan fingerprint density at radius 1 is 1.33 bits per heavy atom. The zero-order valence-electron chi connectivity index (χ0n) is 6.21. The average molecular weight is 184 g/mol. The number of carbonyl (C=O) groups excluding carboxylic acids is 1. The third kappa shape index (κ3) is 1.99. The molecule has 2 atom stereocenters. The highest BCUT2D eigenvalue weighted by molar-refractivity contribution is 7.80. The molecule has 0 heterocycles. The maximum absolute atomic E-state index is 10.6. The van der Waals surface area contributed by atoms with Crippen LogP contribution >= 0.6 is 0 Å². The van der Waals surface area contributed by atoms with Crippen LogP contribution < -0.4 is 0 Å². The number of benzene rings is 1. The van der Waals surface area contributed by atoms with Gasteiger partial charge in [-0.25, -0.2) is 4.21 Å². The van der Waals surface area contributed by atoms with Gasteiger partial charge in [-0.15, -0.1) is 0 Å². The van der Waals surface area contributed by atoms with Gasteiger partial charge >= 0.3 is 0 Å². The van der Waals surface area contributed by atoms with Crippen molar-refractivity contribution in [1.82, 2.24) is 0 Å². The van der Waals surface area contributed by atoms with Crippen molar-refractivity contribution >= 4 is 17.4 Å². The Kier molecular flexibility index (Phi) is 3.13. The van der Waals surface area contributed by atoms with Crippen LogP contribution in [0, 0.1) is 0 Å². The van der Waals surface area contributed by atoms with E-state index in [9.17, 15) is 9.00 Å². The van der Waals surface area contributed by atoms with Crippen LogP contribution in [0.4, 0.5) is 0 Å². The maximum Gasteiger partial charge on any atom is 0.167 e. The lowest BCUT2D eigenvalue weighted by atomic mass is 10.2. The quantitative estimate of drug-likeness (QED) is 0.566. The monoisotopic (exact) mass is 184 g/mol. The first-order chi connectivity index (χ1) is 5.75. The molecule has 0 saturated carbocycles. The summed E-state index contributed by atoms with van der Waals surface area (Å²) < 4.78 is 19.3. The molecule has 0 saturated heterocycles. The van der Waals surface area contributed by atoms with E-state index >= 15 is 0 Å². The lowest BCUT2D eigenvalue weighted by Gasteiger charge is -2.03. The molecular formula is C8H8O3S. The van der Waals surface area contributed by atoms with E-state index in [4.69, 9.17) is 4.55 Å².